The van der Waals surface area contributed by atoms with E-state index >= 15 is 0 Å². The summed E-state index contributed by atoms with van der Waals surface area (Å²) in [5.74, 6) is 0.561. The van der Waals surface area contributed by atoms with Gasteiger partial charge >= 0.3 is 0 Å². The number of carbonyl (C=O) groups is 1. The largest absolute Gasteiger partial charge is 0.352 e. The minimum absolute atomic E-state index is 0.00801. The van der Waals surface area contributed by atoms with Crippen molar-refractivity contribution in [3.05, 3.63) is 0 Å². The molecule has 1 amide bonds. The van der Waals surface area contributed by atoms with Crippen LogP contribution >= 0.6 is 0 Å². The molecular formula is C16H32N2O. The lowest BCUT2D eigenvalue weighted by atomic mass is 9.69. The van der Waals surface area contributed by atoms with Crippen molar-refractivity contribution < 1.29 is 4.79 Å². The van der Waals surface area contributed by atoms with Crippen LogP contribution in [0.2, 0.25) is 0 Å². The van der Waals surface area contributed by atoms with Gasteiger partial charge in [-0.05, 0) is 29.6 Å². The van der Waals surface area contributed by atoms with Crippen molar-refractivity contribution in [2.45, 2.75) is 79.3 Å². The van der Waals surface area contributed by atoms with Crippen LogP contribution in [0.25, 0.3) is 0 Å². The molecule has 0 aromatic rings. The Bertz CT molecular complexity index is 312. The van der Waals surface area contributed by atoms with Gasteiger partial charge in [-0.15, -0.1) is 0 Å². The molecule has 0 aromatic heterocycles. The van der Waals surface area contributed by atoms with Gasteiger partial charge in [0, 0.05) is 6.04 Å². The topological polar surface area (TPSA) is 55.1 Å². The van der Waals surface area contributed by atoms with Gasteiger partial charge in [0.15, 0.2) is 0 Å². The molecule has 1 aliphatic carbocycles. The van der Waals surface area contributed by atoms with Crippen LogP contribution in [-0.4, -0.2) is 18.0 Å². The fraction of sp³-hybridized carbons (Fsp3) is 0.938. The SMILES string of the molecule is CC(C)(C)C1CCCCC1NC(=O)[C@H](N)C(C)(C)C. The lowest BCUT2D eigenvalue weighted by Crippen LogP contribution is -2.54. The van der Waals surface area contributed by atoms with Gasteiger partial charge in [0.25, 0.3) is 0 Å². The van der Waals surface area contributed by atoms with Crippen molar-refractivity contribution in [2.24, 2.45) is 22.5 Å². The predicted molar refractivity (Wildman–Crippen MR) is 80.8 cm³/mol. The molecule has 3 atom stereocenters. The summed E-state index contributed by atoms with van der Waals surface area (Å²) in [4.78, 5) is 12.3. The van der Waals surface area contributed by atoms with Gasteiger partial charge in [-0.1, -0.05) is 54.4 Å². The van der Waals surface area contributed by atoms with Crippen LogP contribution in [0.3, 0.4) is 0 Å². The van der Waals surface area contributed by atoms with E-state index in [4.69, 9.17) is 5.73 Å². The molecule has 112 valence electrons. The maximum absolute atomic E-state index is 12.3. The van der Waals surface area contributed by atoms with E-state index in [1.165, 1.54) is 19.3 Å². The Hall–Kier alpha value is -0.570. The number of nitrogens with one attached hydrogen (secondary N) is 1. The van der Waals surface area contributed by atoms with Crippen molar-refractivity contribution >= 4 is 5.91 Å². The second kappa shape index (κ2) is 5.82. The minimum atomic E-state index is -0.435. The molecule has 3 nitrogen and oxygen atoms in total. The second-order valence-electron chi connectivity index (χ2n) is 8.22. The molecule has 0 bridgehead atoms. The molecule has 0 spiro atoms. The Morgan fingerprint density at radius 3 is 2.11 bits per heavy atom. The van der Waals surface area contributed by atoms with Crippen LogP contribution in [0.1, 0.15) is 67.2 Å². The highest BCUT2D eigenvalue weighted by atomic mass is 16.2. The number of carbonyl (C=O) groups excluding carboxylic acids is 1. The van der Waals surface area contributed by atoms with Gasteiger partial charge in [0.2, 0.25) is 5.91 Å². The zero-order chi connectivity index (χ0) is 14.8. The molecule has 0 aromatic carbocycles. The average molecular weight is 268 g/mol. The summed E-state index contributed by atoms with van der Waals surface area (Å²) in [5.41, 5.74) is 6.11. The van der Waals surface area contributed by atoms with E-state index in [0.29, 0.717) is 5.92 Å². The smallest absolute Gasteiger partial charge is 0.237 e. The quantitative estimate of drug-likeness (QED) is 0.808. The molecule has 0 aliphatic heterocycles. The zero-order valence-corrected chi connectivity index (χ0v) is 13.5. The summed E-state index contributed by atoms with van der Waals surface area (Å²) in [6.07, 6.45) is 4.78. The standard InChI is InChI=1S/C16H32N2O/c1-15(2,3)11-9-7-8-10-12(11)18-14(19)13(17)16(4,5)6/h11-13H,7-10,17H2,1-6H3,(H,18,19)/t11?,12?,13-/m0/s1. The van der Waals surface area contributed by atoms with Gasteiger partial charge in [0.05, 0.1) is 6.04 Å². The first-order chi connectivity index (χ1) is 8.53. The number of hydrogen-bond donors (Lipinski definition) is 2. The number of nitrogens with two attached hydrogens (primary N) is 1. The Balaban J connectivity index is 2.71. The van der Waals surface area contributed by atoms with Crippen LogP contribution < -0.4 is 11.1 Å². The van der Waals surface area contributed by atoms with Crippen molar-refractivity contribution in [3.63, 3.8) is 0 Å². The highest BCUT2D eigenvalue weighted by molar-refractivity contribution is 5.82. The summed E-state index contributed by atoms with van der Waals surface area (Å²) < 4.78 is 0. The highest BCUT2D eigenvalue weighted by Crippen LogP contribution is 2.38. The molecule has 19 heavy (non-hydrogen) atoms. The third-order valence-electron chi connectivity index (χ3n) is 4.42. The van der Waals surface area contributed by atoms with Crippen LogP contribution in [0.4, 0.5) is 0 Å². The van der Waals surface area contributed by atoms with Crippen LogP contribution in [0.15, 0.2) is 0 Å². The van der Waals surface area contributed by atoms with Gasteiger partial charge < -0.3 is 11.1 Å². The molecule has 2 unspecified atom stereocenters. The van der Waals surface area contributed by atoms with Gasteiger partial charge in [-0.25, -0.2) is 0 Å². The lowest BCUT2D eigenvalue weighted by Gasteiger charge is -2.41. The maximum Gasteiger partial charge on any atom is 0.237 e. The molecule has 1 aliphatic rings. The van der Waals surface area contributed by atoms with Gasteiger partial charge in [-0.2, -0.15) is 0 Å². The Kier molecular flexibility index (Phi) is 5.05. The third kappa shape index (κ3) is 4.48. The van der Waals surface area contributed by atoms with Crippen LogP contribution in [-0.2, 0) is 4.79 Å². The molecule has 3 N–H and O–H groups in total. The highest BCUT2D eigenvalue weighted by Gasteiger charge is 2.37. The molecular weight excluding hydrogens is 236 g/mol. The van der Waals surface area contributed by atoms with E-state index < -0.39 is 6.04 Å². The monoisotopic (exact) mass is 268 g/mol. The third-order valence-corrected chi connectivity index (χ3v) is 4.42. The zero-order valence-electron chi connectivity index (χ0n) is 13.5. The predicted octanol–water partition coefficient (Wildman–Crippen LogP) is 3.08. The summed E-state index contributed by atoms with van der Waals surface area (Å²) in [6, 6.07) is -0.148. The van der Waals surface area contributed by atoms with E-state index in [2.05, 4.69) is 26.1 Å². The molecule has 0 saturated heterocycles. The summed E-state index contributed by atoms with van der Waals surface area (Å²) >= 11 is 0. The van der Waals surface area contributed by atoms with E-state index in [-0.39, 0.29) is 22.8 Å². The normalized spacial score (nSPS) is 26.9. The van der Waals surface area contributed by atoms with Crippen molar-refractivity contribution in [2.75, 3.05) is 0 Å². The van der Waals surface area contributed by atoms with E-state index in [0.717, 1.165) is 6.42 Å². The maximum atomic E-state index is 12.3. The molecule has 1 fully saturated rings. The van der Waals surface area contributed by atoms with Crippen molar-refractivity contribution in [3.8, 4) is 0 Å². The molecule has 1 rings (SSSR count). The molecule has 0 heterocycles. The van der Waals surface area contributed by atoms with Crippen LogP contribution in [0.5, 0.6) is 0 Å². The molecule has 0 radical (unpaired) electrons. The number of rotatable bonds is 2. The average Bonchev–Trinajstić information content (AvgIpc) is 2.26. The Morgan fingerprint density at radius 2 is 1.63 bits per heavy atom. The summed E-state index contributed by atoms with van der Waals surface area (Å²) in [7, 11) is 0. The van der Waals surface area contributed by atoms with Crippen molar-refractivity contribution in [1.29, 1.82) is 0 Å². The Labute approximate surface area is 118 Å². The van der Waals surface area contributed by atoms with Gasteiger partial charge in [-0.3, -0.25) is 4.79 Å². The Morgan fingerprint density at radius 1 is 1.11 bits per heavy atom. The molecule has 1 saturated carbocycles. The summed E-state index contributed by atoms with van der Waals surface area (Å²) in [5, 5.41) is 3.22. The van der Waals surface area contributed by atoms with E-state index in [1.807, 2.05) is 20.8 Å². The number of amides is 1. The minimum Gasteiger partial charge on any atom is -0.352 e. The fourth-order valence-corrected chi connectivity index (χ4v) is 3.01. The molecule has 3 heteroatoms. The van der Waals surface area contributed by atoms with E-state index in [9.17, 15) is 4.79 Å². The van der Waals surface area contributed by atoms with Crippen molar-refractivity contribution in [1.82, 2.24) is 5.32 Å². The second-order valence-corrected chi connectivity index (χ2v) is 8.22. The first-order valence-electron chi connectivity index (χ1n) is 7.59. The fourth-order valence-electron chi connectivity index (χ4n) is 3.01. The first kappa shape index (κ1) is 16.5. The number of hydrogen-bond acceptors (Lipinski definition) is 2. The lowest BCUT2D eigenvalue weighted by molar-refractivity contribution is -0.126. The van der Waals surface area contributed by atoms with Gasteiger partial charge in [0.1, 0.15) is 0 Å². The summed E-state index contributed by atoms with van der Waals surface area (Å²) in [6.45, 7) is 12.8. The van der Waals surface area contributed by atoms with Crippen LogP contribution in [0, 0.1) is 16.7 Å². The van der Waals surface area contributed by atoms with E-state index in [1.54, 1.807) is 0 Å². The first-order valence-corrected chi connectivity index (χ1v) is 7.59.